The van der Waals surface area contributed by atoms with Crippen LogP contribution < -0.4 is 4.90 Å². The van der Waals surface area contributed by atoms with Crippen molar-refractivity contribution >= 4 is 22.5 Å². The normalized spacial score (nSPS) is 15.2. The molecule has 4 rings (SSSR count). The smallest absolute Gasteiger partial charge is 0.162 e. The molecule has 0 amide bonds. The summed E-state index contributed by atoms with van der Waals surface area (Å²) in [6.45, 7) is 4.46. The Kier molecular flexibility index (Phi) is 5.49. The van der Waals surface area contributed by atoms with Gasteiger partial charge in [0.2, 0.25) is 0 Å². The summed E-state index contributed by atoms with van der Waals surface area (Å²) in [4.78, 5) is 16.9. The van der Waals surface area contributed by atoms with E-state index in [1.807, 2.05) is 13.1 Å². The van der Waals surface area contributed by atoms with Crippen molar-refractivity contribution in [1.82, 2.24) is 14.7 Å². The van der Waals surface area contributed by atoms with Gasteiger partial charge in [-0.3, -0.25) is 14.4 Å². The average molecular weight is 396 g/mol. The van der Waals surface area contributed by atoms with Gasteiger partial charge in [-0.2, -0.15) is 5.10 Å². The van der Waals surface area contributed by atoms with Crippen LogP contribution in [0.2, 0.25) is 0 Å². The van der Waals surface area contributed by atoms with E-state index in [4.69, 9.17) is 0 Å². The van der Waals surface area contributed by atoms with Gasteiger partial charge >= 0.3 is 0 Å². The number of Topliss-reactive ketones (excluding diaryl/α,β-unsaturated/α-hetero) is 1. The number of halogens is 1. The Hall–Kier alpha value is -2.93. The van der Waals surface area contributed by atoms with Crippen LogP contribution >= 0.6 is 0 Å². The van der Waals surface area contributed by atoms with Gasteiger partial charge in [-0.1, -0.05) is 0 Å². The number of aromatic hydroxyl groups is 1. The van der Waals surface area contributed by atoms with Crippen LogP contribution in [-0.4, -0.2) is 58.3 Å². The number of piperazine rings is 1. The third kappa shape index (κ3) is 4.24. The number of aryl methyl sites for hydroxylation is 1. The Morgan fingerprint density at radius 3 is 2.55 bits per heavy atom. The summed E-state index contributed by atoms with van der Waals surface area (Å²) < 4.78 is 14.8. The van der Waals surface area contributed by atoms with Crippen molar-refractivity contribution in [3.63, 3.8) is 0 Å². The number of anilines is 1. The minimum absolute atomic E-state index is 0.0619. The van der Waals surface area contributed by atoms with Crippen LogP contribution in [0.25, 0.3) is 10.9 Å². The van der Waals surface area contributed by atoms with Gasteiger partial charge in [0.05, 0.1) is 5.52 Å². The second-order valence-electron chi connectivity index (χ2n) is 7.51. The molecule has 0 radical (unpaired) electrons. The zero-order valence-electron chi connectivity index (χ0n) is 16.5. The Labute approximate surface area is 169 Å². The van der Waals surface area contributed by atoms with Crippen molar-refractivity contribution in [3.05, 3.63) is 53.8 Å². The topological polar surface area (TPSA) is 61.6 Å². The maximum absolute atomic E-state index is 13.0. The molecule has 1 aliphatic heterocycles. The van der Waals surface area contributed by atoms with Gasteiger partial charge < -0.3 is 10.0 Å². The van der Waals surface area contributed by atoms with E-state index in [0.717, 1.165) is 55.9 Å². The van der Waals surface area contributed by atoms with Crippen molar-refractivity contribution in [1.29, 1.82) is 0 Å². The van der Waals surface area contributed by atoms with E-state index >= 15 is 0 Å². The first-order chi connectivity index (χ1) is 14.0. The van der Waals surface area contributed by atoms with Crippen LogP contribution in [0.3, 0.4) is 0 Å². The Bertz CT molecular complexity index is 1010. The molecule has 0 spiro atoms. The molecule has 7 heteroatoms. The lowest BCUT2D eigenvalue weighted by Gasteiger charge is -2.35. The summed E-state index contributed by atoms with van der Waals surface area (Å²) in [5.74, 6) is 0.935. The maximum atomic E-state index is 13.0. The summed E-state index contributed by atoms with van der Waals surface area (Å²) in [6.07, 6.45) is 1.27. The van der Waals surface area contributed by atoms with Crippen LogP contribution in [0, 0.1) is 5.82 Å². The zero-order valence-corrected chi connectivity index (χ0v) is 16.5. The maximum Gasteiger partial charge on any atom is 0.162 e. The number of hydrogen-bond donors (Lipinski definition) is 1. The van der Waals surface area contributed by atoms with Gasteiger partial charge in [-0.05, 0) is 49.4 Å². The molecule has 1 fully saturated rings. The van der Waals surface area contributed by atoms with E-state index in [-0.39, 0.29) is 17.3 Å². The fraction of sp³-hybridized carbons (Fsp3) is 0.364. The number of carbonyl (C=O) groups excluding carboxylic acids is 1. The standard InChI is InChI=1S/C22H25FN4O2/c1-25-20-15-18(28)8-9-19(20)22(24-25)27-13-11-26(12-14-27)10-2-3-21(29)16-4-6-17(23)7-5-16/h4-9,15,28H,2-3,10-14H2,1H3. The molecule has 1 aromatic heterocycles. The molecule has 1 saturated heterocycles. The first kappa shape index (κ1) is 19.4. The number of rotatable bonds is 6. The van der Waals surface area contributed by atoms with E-state index in [1.54, 1.807) is 28.9 Å². The third-order valence-corrected chi connectivity index (χ3v) is 5.53. The van der Waals surface area contributed by atoms with Crippen LogP contribution in [0.15, 0.2) is 42.5 Å². The molecule has 29 heavy (non-hydrogen) atoms. The summed E-state index contributed by atoms with van der Waals surface area (Å²) >= 11 is 0. The van der Waals surface area contributed by atoms with Crippen LogP contribution in [0.1, 0.15) is 23.2 Å². The van der Waals surface area contributed by atoms with Crippen LogP contribution in [-0.2, 0) is 7.05 Å². The van der Waals surface area contributed by atoms with E-state index < -0.39 is 0 Å². The van der Waals surface area contributed by atoms with E-state index in [0.29, 0.717) is 12.0 Å². The number of aromatic nitrogens is 2. The predicted molar refractivity (Wildman–Crippen MR) is 111 cm³/mol. The van der Waals surface area contributed by atoms with Crippen molar-refractivity contribution in [3.8, 4) is 5.75 Å². The van der Waals surface area contributed by atoms with Crippen molar-refractivity contribution in [2.75, 3.05) is 37.6 Å². The highest BCUT2D eigenvalue weighted by Crippen LogP contribution is 2.29. The summed E-state index contributed by atoms with van der Waals surface area (Å²) in [5.41, 5.74) is 1.49. The molecule has 2 heterocycles. The Balaban J connectivity index is 1.29. The minimum atomic E-state index is -0.322. The number of carbonyl (C=O) groups is 1. The summed E-state index contributed by atoms with van der Waals surface area (Å²) in [6, 6.07) is 11.1. The molecule has 0 saturated carbocycles. The number of nitrogens with zero attached hydrogens (tertiary/aromatic N) is 4. The van der Waals surface area contributed by atoms with Crippen LogP contribution in [0.5, 0.6) is 5.75 Å². The Morgan fingerprint density at radius 1 is 1.10 bits per heavy atom. The predicted octanol–water partition coefficient (Wildman–Crippen LogP) is 3.20. The molecule has 0 bridgehead atoms. The van der Waals surface area contributed by atoms with E-state index in [9.17, 15) is 14.3 Å². The van der Waals surface area contributed by atoms with Gasteiger partial charge in [0, 0.05) is 56.7 Å². The average Bonchev–Trinajstić information content (AvgIpc) is 3.05. The monoisotopic (exact) mass is 396 g/mol. The molecule has 1 N–H and O–H groups in total. The molecule has 2 aromatic carbocycles. The number of ketones is 1. The highest BCUT2D eigenvalue weighted by Gasteiger charge is 2.21. The lowest BCUT2D eigenvalue weighted by atomic mass is 10.1. The lowest BCUT2D eigenvalue weighted by Crippen LogP contribution is -2.46. The van der Waals surface area contributed by atoms with Gasteiger partial charge in [0.25, 0.3) is 0 Å². The summed E-state index contributed by atoms with van der Waals surface area (Å²) in [5, 5.41) is 15.4. The number of phenolic OH excluding ortho intramolecular Hbond substituents is 1. The second-order valence-corrected chi connectivity index (χ2v) is 7.51. The number of fused-ring (bicyclic) bond motifs is 1. The van der Waals surface area contributed by atoms with Crippen molar-refractivity contribution < 1.29 is 14.3 Å². The van der Waals surface area contributed by atoms with E-state index in [2.05, 4.69) is 14.9 Å². The van der Waals surface area contributed by atoms with Gasteiger partial charge in [0.15, 0.2) is 11.6 Å². The minimum Gasteiger partial charge on any atom is -0.508 e. The zero-order chi connectivity index (χ0) is 20.4. The van der Waals surface area contributed by atoms with Gasteiger partial charge in [-0.15, -0.1) is 0 Å². The fourth-order valence-electron chi connectivity index (χ4n) is 3.89. The largest absolute Gasteiger partial charge is 0.508 e. The number of benzene rings is 2. The van der Waals surface area contributed by atoms with Gasteiger partial charge in [0.1, 0.15) is 11.6 Å². The quantitative estimate of drug-likeness (QED) is 0.649. The number of phenols is 1. The highest BCUT2D eigenvalue weighted by molar-refractivity contribution is 5.96. The molecule has 0 aliphatic carbocycles. The Morgan fingerprint density at radius 2 is 1.83 bits per heavy atom. The molecule has 0 unspecified atom stereocenters. The third-order valence-electron chi connectivity index (χ3n) is 5.53. The molecule has 0 atom stereocenters. The van der Waals surface area contributed by atoms with Crippen LogP contribution in [0.4, 0.5) is 10.2 Å². The molecule has 152 valence electrons. The lowest BCUT2D eigenvalue weighted by molar-refractivity contribution is 0.0974. The first-order valence-electron chi connectivity index (χ1n) is 9.93. The fourth-order valence-corrected chi connectivity index (χ4v) is 3.89. The van der Waals surface area contributed by atoms with E-state index in [1.165, 1.54) is 12.1 Å². The molecule has 3 aromatic rings. The molecule has 1 aliphatic rings. The first-order valence-corrected chi connectivity index (χ1v) is 9.93. The second kappa shape index (κ2) is 8.21. The number of hydrogen-bond acceptors (Lipinski definition) is 5. The van der Waals surface area contributed by atoms with Crippen molar-refractivity contribution in [2.24, 2.45) is 7.05 Å². The SMILES string of the molecule is Cn1nc(N2CCN(CCCC(=O)c3ccc(F)cc3)CC2)c2ccc(O)cc21. The molecule has 6 nitrogen and oxygen atoms in total. The summed E-state index contributed by atoms with van der Waals surface area (Å²) in [7, 11) is 1.89. The van der Waals surface area contributed by atoms with Crippen molar-refractivity contribution in [2.45, 2.75) is 12.8 Å². The molecular weight excluding hydrogens is 371 g/mol. The highest BCUT2D eigenvalue weighted by atomic mass is 19.1. The molecular formula is C22H25FN4O2. The van der Waals surface area contributed by atoms with Gasteiger partial charge in [-0.25, -0.2) is 4.39 Å².